The molecule has 2 fully saturated rings. The second kappa shape index (κ2) is 13.0. The average molecular weight is 605 g/mol. The maximum absolute atomic E-state index is 13.0. The van der Waals surface area contributed by atoms with E-state index in [1.165, 1.54) is 4.90 Å². The van der Waals surface area contributed by atoms with Crippen molar-refractivity contribution in [3.63, 3.8) is 0 Å². The van der Waals surface area contributed by atoms with Crippen molar-refractivity contribution < 1.29 is 28.9 Å². The number of rotatable bonds is 8. The van der Waals surface area contributed by atoms with Crippen LogP contribution in [0.4, 0.5) is 0 Å². The number of hydrogen-bond donors (Lipinski definition) is 1. The topological polar surface area (TPSA) is 88.5 Å². The summed E-state index contributed by atoms with van der Waals surface area (Å²) in [4.78, 5) is 29.6. The molecule has 0 bridgehead atoms. The van der Waals surface area contributed by atoms with E-state index in [-0.39, 0.29) is 37.2 Å². The van der Waals surface area contributed by atoms with Gasteiger partial charge in [0.25, 0.3) is 11.8 Å². The number of morpholine rings is 1. The molecule has 45 heavy (non-hydrogen) atoms. The molecule has 4 aromatic carbocycles. The van der Waals surface area contributed by atoms with Gasteiger partial charge in [0.05, 0.1) is 49.7 Å². The lowest BCUT2D eigenvalue weighted by atomic mass is 9.98. The molecule has 0 spiro atoms. The summed E-state index contributed by atoms with van der Waals surface area (Å²) in [5.41, 5.74) is 6.58. The lowest BCUT2D eigenvalue weighted by molar-refractivity contribution is -0.253. The molecule has 3 atom stereocenters. The first-order valence-electron chi connectivity index (χ1n) is 15.5. The highest BCUT2D eigenvalue weighted by atomic mass is 16.7. The van der Waals surface area contributed by atoms with Crippen LogP contribution < -0.4 is 0 Å². The fourth-order valence-electron chi connectivity index (χ4n) is 6.38. The molecule has 3 unspecified atom stereocenters. The smallest absolute Gasteiger partial charge is 0.261 e. The number of aliphatic hydroxyl groups is 1. The molecule has 7 rings (SSSR count). The van der Waals surface area contributed by atoms with E-state index >= 15 is 0 Å². The standard InChI is InChI=1S/C37H36N2O6/c40-24-25-11-13-27(14-12-25)34-21-31(23-38-15-17-43-18-16-38)44-37(45-34)30-8-4-7-29(20-30)28-6-3-5-26(19-28)22-39-35(41)32-9-1-2-10-33(32)36(39)42/h1-14,19-20,31,34,37,40H,15-18,21-24H2. The van der Waals surface area contributed by atoms with Gasteiger partial charge in [-0.3, -0.25) is 19.4 Å². The van der Waals surface area contributed by atoms with E-state index in [0.29, 0.717) is 11.1 Å². The van der Waals surface area contributed by atoms with Crippen molar-refractivity contribution >= 4 is 11.8 Å². The molecule has 0 aromatic heterocycles. The third-order valence-electron chi connectivity index (χ3n) is 8.82. The Hall–Kier alpha value is -4.18. The Morgan fingerprint density at radius 2 is 1.40 bits per heavy atom. The van der Waals surface area contributed by atoms with Crippen LogP contribution in [0.25, 0.3) is 11.1 Å². The number of ether oxygens (including phenoxy) is 3. The normalized spacial score (nSPS) is 22.1. The second-order valence-electron chi connectivity index (χ2n) is 11.8. The zero-order chi connectivity index (χ0) is 30.8. The second-order valence-corrected chi connectivity index (χ2v) is 11.8. The van der Waals surface area contributed by atoms with E-state index in [4.69, 9.17) is 14.2 Å². The fourth-order valence-corrected chi connectivity index (χ4v) is 6.38. The Morgan fingerprint density at radius 3 is 2.11 bits per heavy atom. The molecule has 3 aliphatic heterocycles. The Bertz CT molecular complexity index is 1650. The quantitative estimate of drug-likeness (QED) is 0.265. The number of amides is 2. The minimum Gasteiger partial charge on any atom is -0.392 e. The van der Waals surface area contributed by atoms with Gasteiger partial charge in [-0.05, 0) is 52.1 Å². The zero-order valence-electron chi connectivity index (χ0n) is 25.0. The van der Waals surface area contributed by atoms with Crippen LogP contribution in [0.3, 0.4) is 0 Å². The monoisotopic (exact) mass is 604 g/mol. The number of benzene rings is 4. The number of carbonyl (C=O) groups excluding carboxylic acids is 2. The van der Waals surface area contributed by atoms with Crippen molar-refractivity contribution in [1.29, 1.82) is 0 Å². The summed E-state index contributed by atoms with van der Waals surface area (Å²) in [5.74, 6) is -0.524. The Balaban J connectivity index is 1.12. The molecule has 3 heterocycles. The van der Waals surface area contributed by atoms with Crippen molar-refractivity contribution in [2.24, 2.45) is 0 Å². The van der Waals surface area contributed by atoms with Gasteiger partial charge in [0, 0.05) is 31.6 Å². The number of aliphatic hydroxyl groups excluding tert-OH is 1. The molecule has 4 aromatic rings. The van der Waals surface area contributed by atoms with Crippen LogP contribution in [0.15, 0.2) is 97.1 Å². The van der Waals surface area contributed by atoms with Crippen LogP contribution in [0.2, 0.25) is 0 Å². The third-order valence-corrected chi connectivity index (χ3v) is 8.82. The largest absolute Gasteiger partial charge is 0.392 e. The van der Waals surface area contributed by atoms with Gasteiger partial charge in [-0.2, -0.15) is 0 Å². The maximum Gasteiger partial charge on any atom is 0.261 e. The highest BCUT2D eigenvalue weighted by molar-refractivity contribution is 6.21. The Morgan fingerprint density at radius 1 is 0.711 bits per heavy atom. The van der Waals surface area contributed by atoms with Gasteiger partial charge in [-0.15, -0.1) is 0 Å². The molecule has 1 N–H and O–H groups in total. The third kappa shape index (κ3) is 6.33. The van der Waals surface area contributed by atoms with Crippen LogP contribution >= 0.6 is 0 Å². The number of carbonyl (C=O) groups is 2. The van der Waals surface area contributed by atoms with Gasteiger partial charge in [-0.1, -0.05) is 72.8 Å². The van der Waals surface area contributed by atoms with Crippen LogP contribution in [0.1, 0.15) is 61.8 Å². The predicted molar refractivity (Wildman–Crippen MR) is 168 cm³/mol. The minimum absolute atomic E-state index is 0.00346. The Kier molecular flexibility index (Phi) is 8.56. The van der Waals surface area contributed by atoms with Crippen LogP contribution in [-0.2, 0) is 27.4 Å². The molecule has 0 radical (unpaired) electrons. The number of hydrogen-bond acceptors (Lipinski definition) is 7. The first-order valence-corrected chi connectivity index (χ1v) is 15.5. The summed E-state index contributed by atoms with van der Waals surface area (Å²) in [7, 11) is 0. The van der Waals surface area contributed by atoms with Gasteiger partial charge in [0.1, 0.15) is 0 Å². The van der Waals surface area contributed by atoms with Gasteiger partial charge < -0.3 is 19.3 Å². The lowest BCUT2D eigenvalue weighted by Gasteiger charge is -2.39. The van der Waals surface area contributed by atoms with Crippen LogP contribution in [0.5, 0.6) is 0 Å². The molecule has 8 heteroatoms. The van der Waals surface area contributed by atoms with Gasteiger partial charge in [0.15, 0.2) is 6.29 Å². The molecule has 2 amide bonds. The van der Waals surface area contributed by atoms with E-state index in [0.717, 1.165) is 72.6 Å². The van der Waals surface area contributed by atoms with E-state index in [1.54, 1.807) is 24.3 Å². The minimum atomic E-state index is -0.561. The molecule has 230 valence electrons. The van der Waals surface area contributed by atoms with Crippen LogP contribution in [-0.4, -0.2) is 65.7 Å². The molecule has 2 saturated heterocycles. The molecule has 3 aliphatic rings. The molecule has 8 nitrogen and oxygen atoms in total. The molecular formula is C37H36N2O6. The van der Waals surface area contributed by atoms with E-state index in [1.807, 2.05) is 66.7 Å². The highest BCUT2D eigenvalue weighted by Gasteiger charge is 2.35. The van der Waals surface area contributed by atoms with Crippen molar-refractivity contribution in [3.05, 3.63) is 130 Å². The maximum atomic E-state index is 13.0. The van der Waals surface area contributed by atoms with E-state index in [2.05, 4.69) is 11.0 Å². The van der Waals surface area contributed by atoms with E-state index in [9.17, 15) is 14.7 Å². The number of fused-ring (bicyclic) bond motifs is 1. The summed E-state index contributed by atoms with van der Waals surface area (Å²) < 4.78 is 18.8. The number of nitrogens with zero attached hydrogens (tertiary/aromatic N) is 2. The summed E-state index contributed by atoms with van der Waals surface area (Å²) in [6.45, 7) is 4.23. The first-order chi connectivity index (χ1) is 22.1. The van der Waals surface area contributed by atoms with Crippen LogP contribution in [0, 0.1) is 0 Å². The van der Waals surface area contributed by atoms with Gasteiger partial charge >= 0.3 is 0 Å². The SMILES string of the molecule is O=C1c2ccccc2C(=O)N1Cc1cccc(-c2cccc(C3OC(CN4CCOCC4)CC(c4ccc(CO)cc4)O3)c2)c1. The van der Waals surface area contributed by atoms with Gasteiger partial charge in [0.2, 0.25) is 0 Å². The van der Waals surface area contributed by atoms with Crippen molar-refractivity contribution in [2.45, 2.75) is 38.1 Å². The summed E-state index contributed by atoms with van der Waals surface area (Å²) in [6, 6.07) is 31.0. The van der Waals surface area contributed by atoms with Crippen molar-refractivity contribution in [1.82, 2.24) is 9.80 Å². The van der Waals surface area contributed by atoms with E-state index < -0.39 is 6.29 Å². The van der Waals surface area contributed by atoms with Crippen molar-refractivity contribution in [3.8, 4) is 11.1 Å². The Labute approximate surface area is 262 Å². The summed E-state index contributed by atoms with van der Waals surface area (Å²) in [5, 5.41) is 9.52. The molecule has 0 aliphatic carbocycles. The number of imide groups is 1. The summed E-state index contributed by atoms with van der Waals surface area (Å²) >= 11 is 0. The van der Waals surface area contributed by atoms with Crippen molar-refractivity contribution in [2.75, 3.05) is 32.8 Å². The summed E-state index contributed by atoms with van der Waals surface area (Å²) in [6.07, 6.45) is -0.0229. The highest BCUT2D eigenvalue weighted by Crippen LogP contribution is 2.39. The predicted octanol–water partition coefficient (Wildman–Crippen LogP) is 5.52. The zero-order valence-corrected chi connectivity index (χ0v) is 25.0. The first kappa shape index (κ1) is 29.5. The molecular weight excluding hydrogens is 568 g/mol. The lowest BCUT2D eigenvalue weighted by Crippen LogP contribution is -2.44. The fraction of sp³-hybridized carbons (Fsp3) is 0.297. The average Bonchev–Trinajstić information content (AvgIpc) is 3.33. The van der Waals surface area contributed by atoms with Gasteiger partial charge in [-0.25, -0.2) is 0 Å². The molecule has 0 saturated carbocycles.